The number of rotatable bonds is 6. The van der Waals surface area contributed by atoms with Crippen molar-refractivity contribution in [3.8, 4) is 17.6 Å². The molecule has 7 nitrogen and oxygen atoms in total. The van der Waals surface area contributed by atoms with Crippen LogP contribution in [0.15, 0.2) is 71.6 Å². The second kappa shape index (κ2) is 8.90. The van der Waals surface area contributed by atoms with Gasteiger partial charge in [0, 0.05) is 7.05 Å². The van der Waals surface area contributed by atoms with Gasteiger partial charge in [-0.3, -0.25) is 4.31 Å². The van der Waals surface area contributed by atoms with E-state index in [0.717, 1.165) is 4.31 Å². The van der Waals surface area contributed by atoms with Gasteiger partial charge in [-0.1, -0.05) is 18.2 Å². The van der Waals surface area contributed by atoms with Gasteiger partial charge in [-0.2, -0.15) is 5.26 Å². The van der Waals surface area contributed by atoms with Crippen LogP contribution in [0.3, 0.4) is 0 Å². The predicted octanol–water partition coefficient (Wildman–Crippen LogP) is 3.92. The van der Waals surface area contributed by atoms with E-state index in [9.17, 15) is 13.2 Å². The first-order valence-electron chi connectivity index (χ1n) is 9.23. The molecule has 0 aliphatic heterocycles. The van der Waals surface area contributed by atoms with Crippen LogP contribution >= 0.6 is 0 Å². The van der Waals surface area contributed by atoms with Gasteiger partial charge in [0.2, 0.25) is 0 Å². The molecule has 0 heterocycles. The van der Waals surface area contributed by atoms with E-state index in [4.69, 9.17) is 14.7 Å². The molecule has 0 aliphatic rings. The van der Waals surface area contributed by atoms with Crippen LogP contribution in [0, 0.1) is 18.3 Å². The molecule has 3 aromatic carbocycles. The monoisotopic (exact) mass is 436 g/mol. The van der Waals surface area contributed by atoms with E-state index in [1.165, 1.54) is 50.6 Å². The normalized spacial score (nSPS) is 10.8. The highest BCUT2D eigenvalue weighted by Crippen LogP contribution is 2.31. The molecule has 0 unspecified atom stereocenters. The first kappa shape index (κ1) is 21.9. The molecule has 0 aliphatic carbocycles. The number of nitriles is 1. The van der Waals surface area contributed by atoms with Gasteiger partial charge in [-0.25, -0.2) is 13.2 Å². The average Bonchev–Trinajstić information content (AvgIpc) is 2.79. The summed E-state index contributed by atoms with van der Waals surface area (Å²) in [6.07, 6.45) is 0. The SMILES string of the molecule is COc1ccccc1N(C)S(=O)(=O)c1ccc(C)c(C(=O)Oc2ccc(C#N)cc2)c1. The molecule has 0 N–H and O–H groups in total. The standard InChI is InChI=1S/C23H20N2O5S/c1-16-8-13-19(31(27,28)25(2)21-6-4-5-7-22(21)29-3)14-20(16)23(26)30-18-11-9-17(15-24)10-12-18/h4-14H,1-3H3. The van der Waals surface area contributed by atoms with Gasteiger partial charge < -0.3 is 9.47 Å². The number of para-hydroxylation sites is 2. The molecule has 158 valence electrons. The third kappa shape index (κ3) is 4.52. The van der Waals surface area contributed by atoms with Gasteiger partial charge in [0.05, 0.1) is 34.9 Å². The van der Waals surface area contributed by atoms with Crippen LogP contribution in [0.25, 0.3) is 0 Å². The third-order valence-electron chi connectivity index (χ3n) is 4.71. The summed E-state index contributed by atoms with van der Waals surface area (Å²) in [5.41, 5.74) is 1.49. The highest BCUT2D eigenvalue weighted by atomic mass is 32.2. The zero-order valence-electron chi connectivity index (χ0n) is 17.2. The molecule has 31 heavy (non-hydrogen) atoms. The quantitative estimate of drug-likeness (QED) is 0.429. The maximum absolute atomic E-state index is 13.2. The van der Waals surface area contributed by atoms with Crippen molar-refractivity contribution < 1.29 is 22.7 Å². The van der Waals surface area contributed by atoms with E-state index in [2.05, 4.69) is 0 Å². The van der Waals surface area contributed by atoms with Crippen molar-refractivity contribution in [2.45, 2.75) is 11.8 Å². The number of carbonyl (C=O) groups excluding carboxylic acids is 1. The van der Waals surface area contributed by atoms with Crippen LogP contribution in [0.2, 0.25) is 0 Å². The van der Waals surface area contributed by atoms with Crippen molar-refractivity contribution in [1.82, 2.24) is 0 Å². The lowest BCUT2D eigenvalue weighted by Crippen LogP contribution is -2.27. The maximum atomic E-state index is 13.2. The summed E-state index contributed by atoms with van der Waals surface area (Å²) < 4.78 is 38.1. The summed E-state index contributed by atoms with van der Waals surface area (Å²) in [4.78, 5) is 12.6. The number of anilines is 1. The molecule has 3 rings (SSSR count). The maximum Gasteiger partial charge on any atom is 0.343 e. The Balaban J connectivity index is 1.93. The van der Waals surface area contributed by atoms with E-state index >= 15 is 0 Å². The van der Waals surface area contributed by atoms with E-state index < -0.39 is 16.0 Å². The first-order valence-corrected chi connectivity index (χ1v) is 10.7. The molecule has 0 aromatic heterocycles. The second-order valence-electron chi connectivity index (χ2n) is 6.65. The molecular formula is C23H20N2O5S. The lowest BCUT2D eigenvalue weighted by atomic mass is 10.1. The van der Waals surface area contributed by atoms with Gasteiger partial charge in [0.1, 0.15) is 11.5 Å². The molecular weight excluding hydrogens is 416 g/mol. The fourth-order valence-corrected chi connectivity index (χ4v) is 4.15. The van der Waals surface area contributed by atoms with Crippen molar-refractivity contribution in [2.24, 2.45) is 0 Å². The van der Waals surface area contributed by atoms with Gasteiger partial charge >= 0.3 is 5.97 Å². The third-order valence-corrected chi connectivity index (χ3v) is 6.47. The molecule has 0 atom stereocenters. The van der Waals surface area contributed by atoms with E-state index in [1.807, 2.05) is 6.07 Å². The van der Waals surface area contributed by atoms with Crippen LogP contribution in [0.5, 0.6) is 11.5 Å². The minimum absolute atomic E-state index is 0.0571. The topological polar surface area (TPSA) is 96.7 Å². The van der Waals surface area contributed by atoms with Crippen LogP contribution in [0.4, 0.5) is 5.69 Å². The molecule has 3 aromatic rings. The summed E-state index contributed by atoms with van der Waals surface area (Å²) in [6, 6.07) is 19.1. The van der Waals surface area contributed by atoms with Crippen molar-refractivity contribution in [3.05, 3.63) is 83.4 Å². The molecule has 0 saturated heterocycles. The van der Waals surface area contributed by atoms with Crippen LogP contribution in [-0.4, -0.2) is 28.5 Å². The van der Waals surface area contributed by atoms with Crippen molar-refractivity contribution in [3.63, 3.8) is 0 Å². The summed E-state index contributed by atoms with van der Waals surface area (Å²) in [6.45, 7) is 1.69. The number of nitrogens with zero attached hydrogens (tertiary/aromatic N) is 2. The molecule has 0 amide bonds. The van der Waals surface area contributed by atoms with E-state index in [0.29, 0.717) is 22.6 Å². The van der Waals surface area contributed by atoms with E-state index in [1.54, 1.807) is 37.3 Å². The number of benzene rings is 3. The Bertz CT molecular complexity index is 1260. The van der Waals surface area contributed by atoms with Crippen LogP contribution < -0.4 is 13.8 Å². The van der Waals surface area contributed by atoms with Crippen molar-refractivity contribution in [1.29, 1.82) is 5.26 Å². The highest BCUT2D eigenvalue weighted by molar-refractivity contribution is 7.92. The van der Waals surface area contributed by atoms with Crippen molar-refractivity contribution in [2.75, 3.05) is 18.5 Å². The molecule has 8 heteroatoms. The number of ether oxygens (including phenoxy) is 2. The van der Waals surface area contributed by atoms with Gasteiger partial charge in [-0.05, 0) is 61.0 Å². The Labute approximate surface area is 181 Å². The Morgan fingerprint density at radius 3 is 2.35 bits per heavy atom. The Morgan fingerprint density at radius 2 is 1.71 bits per heavy atom. The fraction of sp³-hybridized carbons (Fsp3) is 0.130. The minimum Gasteiger partial charge on any atom is -0.495 e. The van der Waals surface area contributed by atoms with Gasteiger partial charge in [0.15, 0.2) is 0 Å². The summed E-state index contributed by atoms with van der Waals surface area (Å²) in [5.74, 6) is -0.0388. The number of sulfonamides is 1. The Morgan fingerprint density at radius 1 is 1.03 bits per heavy atom. The summed E-state index contributed by atoms with van der Waals surface area (Å²) in [7, 11) is -1.09. The van der Waals surface area contributed by atoms with Gasteiger partial charge in [-0.15, -0.1) is 0 Å². The smallest absolute Gasteiger partial charge is 0.343 e. The number of hydrogen-bond donors (Lipinski definition) is 0. The average molecular weight is 436 g/mol. The fourth-order valence-electron chi connectivity index (χ4n) is 2.92. The molecule has 0 bridgehead atoms. The lowest BCUT2D eigenvalue weighted by Gasteiger charge is -2.22. The second-order valence-corrected chi connectivity index (χ2v) is 8.62. The Kier molecular flexibility index (Phi) is 6.28. The number of hydrogen-bond acceptors (Lipinski definition) is 6. The first-order chi connectivity index (χ1) is 14.8. The molecule has 0 spiro atoms. The number of esters is 1. The molecule has 0 saturated carbocycles. The van der Waals surface area contributed by atoms with Crippen molar-refractivity contribution >= 4 is 21.7 Å². The summed E-state index contributed by atoms with van der Waals surface area (Å²) >= 11 is 0. The van der Waals surface area contributed by atoms with Crippen LogP contribution in [-0.2, 0) is 10.0 Å². The number of methoxy groups -OCH3 is 1. The molecule has 0 radical (unpaired) electrons. The highest BCUT2D eigenvalue weighted by Gasteiger charge is 2.25. The largest absolute Gasteiger partial charge is 0.495 e. The minimum atomic E-state index is -3.97. The zero-order chi connectivity index (χ0) is 22.6. The predicted molar refractivity (Wildman–Crippen MR) is 116 cm³/mol. The van der Waals surface area contributed by atoms with Gasteiger partial charge in [0.25, 0.3) is 10.0 Å². The lowest BCUT2D eigenvalue weighted by molar-refractivity contribution is 0.0733. The Hall–Kier alpha value is -3.83. The number of carbonyl (C=O) groups is 1. The van der Waals surface area contributed by atoms with E-state index in [-0.39, 0.29) is 16.2 Å². The zero-order valence-corrected chi connectivity index (χ0v) is 18.0. The van der Waals surface area contributed by atoms with Crippen LogP contribution in [0.1, 0.15) is 21.5 Å². The number of aryl methyl sites for hydroxylation is 1. The summed E-state index contributed by atoms with van der Waals surface area (Å²) in [5, 5.41) is 8.87. The molecule has 0 fully saturated rings.